The van der Waals surface area contributed by atoms with Gasteiger partial charge in [-0.3, -0.25) is 9.97 Å². The fraction of sp³-hybridized carbons (Fsp3) is 0.0169. The highest BCUT2D eigenvalue weighted by molar-refractivity contribution is 6.19. The Morgan fingerprint density at radius 3 is 1.61 bits per heavy atom. The molecule has 2 aliphatic rings. The second-order valence-corrected chi connectivity index (χ2v) is 16.5. The summed E-state index contributed by atoms with van der Waals surface area (Å²) in [6.45, 7) is 0. The zero-order valence-corrected chi connectivity index (χ0v) is 34.5. The van der Waals surface area contributed by atoms with Crippen molar-refractivity contribution < 1.29 is 4.74 Å². The van der Waals surface area contributed by atoms with E-state index in [1.165, 1.54) is 27.6 Å². The maximum atomic E-state index is 6.71. The summed E-state index contributed by atoms with van der Waals surface area (Å²) in [6.07, 6.45) is 3.61. The van der Waals surface area contributed by atoms with Gasteiger partial charge in [-0.05, 0) is 105 Å². The Hall–Kier alpha value is -8.54. The first kappa shape index (κ1) is 36.1. The van der Waals surface area contributed by atoms with Gasteiger partial charge in [0, 0.05) is 45.2 Å². The number of pyridine rings is 4. The molecule has 13 rings (SSSR count). The smallest absolute Gasteiger partial charge is 0.132 e. The van der Waals surface area contributed by atoms with Gasteiger partial charge >= 0.3 is 0 Å². The minimum atomic E-state index is -0.623. The van der Waals surface area contributed by atoms with Gasteiger partial charge in [-0.2, -0.15) is 0 Å². The first-order valence-corrected chi connectivity index (χ1v) is 21.6. The molecule has 5 nitrogen and oxygen atoms in total. The average molecular weight is 817 g/mol. The van der Waals surface area contributed by atoms with E-state index in [-0.39, 0.29) is 0 Å². The summed E-state index contributed by atoms with van der Waals surface area (Å²) in [5.41, 5.74) is 17.2. The van der Waals surface area contributed by atoms with E-state index < -0.39 is 5.41 Å². The minimum absolute atomic E-state index is 0.623. The van der Waals surface area contributed by atoms with Crippen molar-refractivity contribution in [2.45, 2.75) is 5.41 Å². The number of nitrogens with zero attached hydrogens (tertiary/aromatic N) is 4. The van der Waals surface area contributed by atoms with Crippen molar-refractivity contribution in [3.8, 4) is 78.9 Å². The van der Waals surface area contributed by atoms with Gasteiger partial charge in [0.2, 0.25) is 0 Å². The Labute approximate surface area is 370 Å². The Kier molecular flexibility index (Phi) is 8.06. The SMILES string of the molecule is c1ccc(-c2nc3ccccc3c3c4c(ccc23)C2(c3ccccc3Oc3ccccc32)c2ccc(-c3ccc(-c5cc(-c6ccccn6)nc(-c6ccccn6)c5)cc3)cc2-4)cc1. The van der Waals surface area contributed by atoms with Crippen LogP contribution >= 0.6 is 0 Å². The lowest BCUT2D eigenvalue weighted by Gasteiger charge is -2.39. The Morgan fingerprint density at radius 2 is 0.938 bits per heavy atom. The standard InChI is InChI=1S/C59H36N4O/c1-2-14-39(15-3-1)58-43-29-31-48-57(56(43)42-16-4-7-19-49(42)63-58)44-34-40(28-30-45(44)59(48)46-17-5-8-22-54(46)64-55-23-9-6-18-47(55)59)37-24-26-38(27-25-37)41-35-52(50-20-10-12-32-60-50)62-53(36-41)51-21-11-13-33-61-51/h1-36H. The number of rotatable bonds is 5. The van der Waals surface area contributed by atoms with E-state index in [9.17, 15) is 0 Å². The molecule has 0 unspecified atom stereocenters. The highest BCUT2D eigenvalue weighted by atomic mass is 16.5. The minimum Gasteiger partial charge on any atom is -0.457 e. The molecule has 0 amide bonds. The molecule has 298 valence electrons. The quantitative estimate of drug-likeness (QED) is 0.162. The fourth-order valence-corrected chi connectivity index (χ4v) is 10.3. The molecule has 1 spiro atoms. The molecule has 64 heavy (non-hydrogen) atoms. The van der Waals surface area contributed by atoms with Gasteiger partial charge in [0.05, 0.1) is 39.4 Å². The van der Waals surface area contributed by atoms with Crippen molar-refractivity contribution in [1.29, 1.82) is 0 Å². The average Bonchev–Trinajstić information content (AvgIpc) is 3.66. The van der Waals surface area contributed by atoms with Crippen molar-refractivity contribution in [3.05, 3.63) is 241 Å². The summed E-state index contributed by atoms with van der Waals surface area (Å²) < 4.78 is 6.71. The summed E-state index contributed by atoms with van der Waals surface area (Å²) in [6, 6.07) is 73.0. The first-order chi connectivity index (χ1) is 31.7. The van der Waals surface area contributed by atoms with Crippen molar-refractivity contribution in [3.63, 3.8) is 0 Å². The van der Waals surface area contributed by atoms with Crippen molar-refractivity contribution >= 4 is 21.7 Å². The topological polar surface area (TPSA) is 60.8 Å². The third kappa shape index (κ3) is 5.44. The summed E-state index contributed by atoms with van der Waals surface area (Å²) in [5, 5.41) is 3.47. The van der Waals surface area contributed by atoms with Crippen molar-refractivity contribution in [2.24, 2.45) is 0 Å². The van der Waals surface area contributed by atoms with Crippen LogP contribution < -0.4 is 4.74 Å². The Morgan fingerprint density at radius 1 is 0.359 bits per heavy atom. The van der Waals surface area contributed by atoms with Crippen LogP contribution in [0.5, 0.6) is 11.5 Å². The lowest BCUT2D eigenvalue weighted by molar-refractivity contribution is 0.436. The van der Waals surface area contributed by atoms with Crippen LogP contribution in [0.3, 0.4) is 0 Å². The molecular formula is C59H36N4O. The van der Waals surface area contributed by atoms with E-state index in [1.54, 1.807) is 12.4 Å². The van der Waals surface area contributed by atoms with Gasteiger partial charge in [0.1, 0.15) is 11.5 Å². The van der Waals surface area contributed by atoms with Gasteiger partial charge in [0.25, 0.3) is 0 Å². The zero-order valence-electron chi connectivity index (χ0n) is 34.5. The van der Waals surface area contributed by atoms with Crippen molar-refractivity contribution in [1.82, 2.24) is 19.9 Å². The number of hydrogen-bond donors (Lipinski definition) is 0. The van der Waals surface area contributed by atoms with Gasteiger partial charge in [-0.1, -0.05) is 146 Å². The number of fused-ring (bicyclic) bond motifs is 13. The Balaban J connectivity index is 1.04. The van der Waals surface area contributed by atoms with Gasteiger partial charge < -0.3 is 4.74 Å². The third-order valence-electron chi connectivity index (χ3n) is 13.0. The maximum Gasteiger partial charge on any atom is 0.132 e. The molecule has 0 bridgehead atoms. The van der Waals surface area contributed by atoms with Crippen molar-refractivity contribution in [2.75, 3.05) is 0 Å². The number of ether oxygens (including phenoxy) is 1. The zero-order chi connectivity index (χ0) is 42.2. The molecule has 0 atom stereocenters. The predicted molar refractivity (Wildman–Crippen MR) is 257 cm³/mol. The highest BCUT2D eigenvalue weighted by Gasteiger charge is 2.51. The first-order valence-electron chi connectivity index (χ1n) is 21.6. The van der Waals surface area contributed by atoms with Crippen LogP contribution in [0.25, 0.3) is 89.1 Å². The van der Waals surface area contributed by atoms with Crippen LogP contribution in [0.4, 0.5) is 0 Å². The molecular weight excluding hydrogens is 781 g/mol. The summed E-state index contributed by atoms with van der Waals surface area (Å²) in [5.74, 6) is 1.75. The third-order valence-corrected chi connectivity index (χ3v) is 13.0. The molecule has 7 aromatic carbocycles. The lowest BCUT2D eigenvalue weighted by Crippen LogP contribution is -2.32. The summed E-state index contributed by atoms with van der Waals surface area (Å²) >= 11 is 0. The fourth-order valence-electron chi connectivity index (χ4n) is 10.3. The second kappa shape index (κ2) is 14.3. The lowest BCUT2D eigenvalue weighted by atomic mass is 9.66. The number of benzene rings is 7. The van der Waals surface area contributed by atoms with Crippen LogP contribution in [0.1, 0.15) is 22.3 Å². The second-order valence-electron chi connectivity index (χ2n) is 16.5. The van der Waals surface area contributed by atoms with E-state index in [0.717, 1.165) is 95.2 Å². The molecule has 5 heterocycles. The number of para-hydroxylation sites is 3. The van der Waals surface area contributed by atoms with Crippen LogP contribution in [0.15, 0.2) is 219 Å². The molecule has 1 aliphatic carbocycles. The van der Waals surface area contributed by atoms with E-state index in [1.807, 2.05) is 36.4 Å². The number of aromatic nitrogens is 4. The predicted octanol–water partition coefficient (Wildman–Crippen LogP) is 14.4. The van der Waals surface area contributed by atoms with Crippen LogP contribution in [0.2, 0.25) is 0 Å². The monoisotopic (exact) mass is 816 g/mol. The van der Waals surface area contributed by atoms with Gasteiger partial charge in [0.15, 0.2) is 0 Å². The van der Waals surface area contributed by atoms with Crippen LogP contribution in [-0.4, -0.2) is 19.9 Å². The van der Waals surface area contributed by atoms with Crippen LogP contribution in [-0.2, 0) is 5.41 Å². The van der Waals surface area contributed by atoms with Crippen LogP contribution in [0, 0.1) is 0 Å². The molecule has 0 saturated heterocycles. The van der Waals surface area contributed by atoms with E-state index in [2.05, 4.69) is 180 Å². The molecule has 11 aromatic rings. The maximum absolute atomic E-state index is 6.71. The summed E-state index contributed by atoms with van der Waals surface area (Å²) in [4.78, 5) is 19.6. The van der Waals surface area contributed by atoms with E-state index in [4.69, 9.17) is 14.7 Å². The summed E-state index contributed by atoms with van der Waals surface area (Å²) in [7, 11) is 0. The van der Waals surface area contributed by atoms with E-state index >= 15 is 0 Å². The molecule has 0 fully saturated rings. The number of hydrogen-bond acceptors (Lipinski definition) is 5. The molecule has 1 aliphatic heterocycles. The molecule has 0 radical (unpaired) electrons. The Bertz CT molecular complexity index is 3520. The normalized spacial score (nSPS) is 12.9. The molecule has 0 saturated carbocycles. The highest BCUT2D eigenvalue weighted by Crippen LogP contribution is 2.64. The van der Waals surface area contributed by atoms with Gasteiger partial charge in [-0.15, -0.1) is 0 Å². The van der Waals surface area contributed by atoms with E-state index in [0.29, 0.717) is 0 Å². The largest absolute Gasteiger partial charge is 0.457 e. The molecule has 0 N–H and O–H groups in total. The molecule has 4 aromatic heterocycles. The molecule has 5 heteroatoms. The van der Waals surface area contributed by atoms with Gasteiger partial charge in [-0.25, -0.2) is 9.97 Å².